The number of ketones is 1. The molecule has 1 aliphatic heterocycles. The van der Waals surface area contributed by atoms with Gasteiger partial charge < -0.3 is 25.0 Å². The average molecular weight is 608 g/mol. The number of thioether (sulfide) groups is 1. The summed E-state index contributed by atoms with van der Waals surface area (Å²) in [4.78, 5) is 46.7. The van der Waals surface area contributed by atoms with Gasteiger partial charge in [0.1, 0.15) is 6.61 Å². The fourth-order valence-electron chi connectivity index (χ4n) is 3.33. The molecule has 9 nitrogen and oxygen atoms in total. The Morgan fingerprint density at radius 2 is 1.39 bits per heavy atom. The zero-order valence-corrected chi connectivity index (χ0v) is 29.0. The summed E-state index contributed by atoms with van der Waals surface area (Å²) in [6, 6.07) is 0. The standard InChI is InChI=1S/C16H30N2O4.C9H17NO2S.3C2H6/c1-3-15(19)13-22-11-10-21-9-6-17-16(20)12-14-4-7-18(2)8-5-14;1-10-8(11)6-4-3-5-7-9(12)13-2;3*1-2/h14H,3-13H2,1-2H3,(H,17,20);3-7H2,1-2H3,(H,10,11);3*1-2H3. The van der Waals surface area contributed by atoms with Crippen LogP contribution in [0.3, 0.4) is 0 Å². The van der Waals surface area contributed by atoms with Gasteiger partial charge >= 0.3 is 0 Å². The van der Waals surface area contributed by atoms with Gasteiger partial charge in [0.05, 0.1) is 19.8 Å². The van der Waals surface area contributed by atoms with E-state index >= 15 is 0 Å². The van der Waals surface area contributed by atoms with Crippen molar-refractivity contribution < 1.29 is 28.7 Å². The van der Waals surface area contributed by atoms with Crippen LogP contribution in [0.25, 0.3) is 0 Å². The molecule has 0 saturated carbocycles. The van der Waals surface area contributed by atoms with Crippen molar-refractivity contribution in [3.05, 3.63) is 0 Å². The summed E-state index contributed by atoms with van der Waals surface area (Å²) in [5.74, 6) is 0.807. The highest BCUT2D eigenvalue weighted by Crippen LogP contribution is 2.19. The van der Waals surface area contributed by atoms with Gasteiger partial charge in [-0.05, 0) is 58.0 Å². The maximum absolute atomic E-state index is 11.8. The molecule has 246 valence electrons. The van der Waals surface area contributed by atoms with Crippen molar-refractivity contribution in [2.45, 2.75) is 106 Å². The van der Waals surface area contributed by atoms with Crippen molar-refractivity contribution in [1.29, 1.82) is 0 Å². The second-order valence-corrected chi connectivity index (χ2v) is 9.53. The molecule has 0 atom stereocenters. The number of carbonyl (C=O) groups is 4. The summed E-state index contributed by atoms with van der Waals surface area (Å²) in [5, 5.41) is 5.69. The third-order valence-corrected chi connectivity index (χ3v) is 6.36. The van der Waals surface area contributed by atoms with Crippen molar-refractivity contribution >= 4 is 34.5 Å². The highest BCUT2D eigenvalue weighted by Gasteiger charge is 2.19. The number of amides is 2. The molecule has 0 radical (unpaired) electrons. The number of Topliss-reactive ketones (excluding diaryl/α,β-unsaturated/α-hetero) is 1. The van der Waals surface area contributed by atoms with Crippen LogP contribution in [0.5, 0.6) is 0 Å². The Morgan fingerprint density at radius 3 is 1.93 bits per heavy atom. The van der Waals surface area contributed by atoms with Crippen molar-refractivity contribution in [2.24, 2.45) is 5.92 Å². The Morgan fingerprint density at radius 1 is 0.829 bits per heavy atom. The molecule has 1 heterocycles. The molecule has 0 aromatic rings. The van der Waals surface area contributed by atoms with Gasteiger partial charge in [-0.1, -0.05) is 66.6 Å². The number of hydrogen-bond donors (Lipinski definition) is 2. The molecule has 1 aliphatic rings. The molecule has 0 unspecified atom stereocenters. The average Bonchev–Trinajstić information content (AvgIpc) is 3.02. The molecule has 0 aliphatic carbocycles. The summed E-state index contributed by atoms with van der Waals surface area (Å²) >= 11 is 1.28. The van der Waals surface area contributed by atoms with E-state index in [1.54, 1.807) is 13.3 Å². The van der Waals surface area contributed by atoms with E-state index in [0.29, 0.717) is 58.0 Å². The fraction of sp³-hybridized carbons (Fsp3) is 0.871. The predicted octanol–water partition coefficient (Wildman–Crippen LogP) is 5.50. The minimum absolute atomic E-state index is 0.0798. The zero-order chi connectivity index (χ0) is 32.3. The van der Waals surface area contributed by atoms with E-state index < -0.39 is 0 Å². The summed E-state index contributed by atoms with van der Waals surface area (Å²) in [5.41, 5.74) is 0. The number of hydrogen-bond acceptors (Lipinski definition) is 8. The first kappa shape index (κ1) is 46.5. The molecule has 10 heteroatoms. The van der Waals surface area contributed by atoms with Crippen molar-refractivity contribution in [3.63, 3.8) is 0 Å². The topological polar surface area (TPSA) is 114 Å². The number of nitrogens with one attached hydrogen (secondary N) is 2. The molecule has 2 N–H and O–H groups in total. The maximum Gasteiger partial charge on any atom is 0.220 e. The molecule has 1 saturated heterocycles. The zero-order valence-electron chi connectivity index (χ0n) is 28.2. The van der Waals surface area contributed by atoms with E-state index in [-0.39, 0.29) is 29.3 Å². The first-order chi connectivity index (χ1) is 19.8. The van der Waals surface area contributed by atoms with Crippen LogP contribution in [-0.4, -0.2) is 94.0 Å². The van der Waals surface area contributed by atoms with Crippen LogP contribution < -0.4 is 10.6 Å². The van der Waals surface area contributed by atoms with Gasteiger partial charge in [0.2, 0.25) is 11.8 Å². The molecule has 0 aromatic carbocycles. The first-order valence-corrected chi connectivity index (χ1v) is 16.9. The second-order valence-electron chi connectivity index (χ2n) is 8.67. The Bertz CT molecular complexity index is 582. The quantitative estimate of drug-likeness (QED) is 0.209. The highest BCUT2D eigenvalue weighted by atomic mass is 32.2. The van der Waals surface area contributed by atoms with Crippen LogP contribution in [-0.2, 0) is 28.7 Å². The molecular weight excluding hydrogens is 542 g/mol. The van der Waals surface area contributed by atoms with Gasteiger partial charge in [0, 0.05) is 39.3 Å². The largest absolute Gasteiger partial charge is 0.377 e. The van der Waals surface area contributed by atoms with Crippen LogP contribution in [0, 0.1) is 5.92 Å². The third kappa shape index (κ3) is 36.5. The summed E-state index contributed by atoms with van der Waals surface area (Å²) < 4.78 is 10.5. The number of carbonyl (C=O) groups excluding carboxylic acids is 4. The maximum atomic E-state index is 11.8. The Kier molecular flexibility index (Phi) is 43.6. The van der Waals surface area contributed by atoms with E-state index in [1.165, 1.54) is 11.8 Å². The number of ether oxygens (including phenoxy) is 2. The van der Waals surface area contributed by atoms with E-state index in [4.69, 9.17) is 9.47 Å². The third-order valence-electron chi connectivity index (χ3n) is 5.70. The normalized spacial score (nSPS) is 12.4. The van der Waals surface area contributed by atoms with Crippen LogP contribution in [0.1, 0.15) is 106 Å². The van der Waals surface area contributed by atoms with Crippen LogP contribution in [0.15, 0.2) is 0 Å². The number of nitrogens with zero attached hydrogens (tertiary/aromatic N) is 1. The SMILES string of the molecule is CC.CC.CC.CCC(=O)COCCOCCNC(=O)CC1CCN(C)CC1.CNC(=O)CCCCCC(=O)SC. The van der Waals surface area contributed by atoms with Crippen molar-refractivity contribution in [3.8, 4) is 0 Å². The lowest BCUT2D eigenvalue weighted by Crippen LogP contribution is -2.34. The molecule has 41 heavy (non-hydrogen) atoms. The van der Waals surface area contributed by atoms with Gasteiger partial charge in [-0.2, -0.15) is 0 Å². The van der Waals surface area contributed by atoms with E-state index in [9.17, 15) is 19.2 Å². The molecule has 0 spiro atoms. The van der Waals surface area contributed by atoms with E-state index in [2.05, 4.69) is 22.6 Å². The Hall–Kier alpha value is -1.49. The first-order valence-electron chi connectivity index (χ1n) is 15.7. The minimum atomic E-state index is 0.0798. The van der Waals surface area contributed by atoms with Crippen LogP contribution in [0.4, 0.5) is 0 Å². The molecule has 1 fully saturated rings. The fourth-order valence-corrected chi connectivity index (χ4v) is 3.68. The Labute approximate surface area is 257 Å². The van der Waals surface area contributed by atoms with Crippen molar-refractivity contribution in [1.82, 2.24) is 15.5 Å². The summed E-state index contributed by atoms with van der Waals surface area (Å²) in [6.45, 7) is 18.0. The minimum Gasteiger partial charge on any atom is -0.377 e. The lowest BCUT2D eigenvalue weighted by Gasteiger charge is -2.28. The lowest BCUT2D eigenvalue weighted by atomic mass is 9.93. The molecular formula is C31H65N3O6S. The van der Waals surface area contributed by atoms with E-state index in [1.807, 2.05) is 48.5 Å². The van der Waals surface area contributed by atoms with Crippen LogP contribution in [0.2, 0.25) is 0 Å². The van der Waals surface area contributed by atoms with Gasteiger partial charge in [-0.15, -0.1) is 0 Å². The van der Waals surface area contributed by atoms with Gasteiger partial charge in [-0.3, -0.25) is 19.2 Å². The summed E-state index contributed by atoms with van der Waals surface area (Å²) in [7, 11) is 3.76. The molecule has 0 bridgehead atoms. The summed E-state index contributed by atoms with van der Waals surface area (Å²) in [6.07, 6.45) is 9.08. The van der Waals surface area contributed by atoms with Gasteiger partial charge in [0.15, 0.2) is 10.9 Å². The predicted molar refractivity (Wildman–Crippen MR) is 175 cm³/mol. The Balaban J connectivity index is -0.000000308. The second kappa shape index (κ2) is 38.5. The van der Waals surface area contributed by atoms with Gasteiger partial charge in [-0.25, -0.2) is 0 Å². The molecule has 1 rings (SSSR count). The number of unbranched alkanes of at least 4 members (excludes halogenated alkanes) is 2. The van der Waals surface area contributed by atoms with Gasteiger partial charge in [0.25, 0.3) is 0 Å². The van der Waals surface area contributed by atoms with Crippen molar-refractivity contribution in [2.75, 3.05) is 66.4 Å². The monoisotopic (exact) mass is 607 g/mol. The number of rotatable bonds is 17. The lowest BCUT2D eigenvalue weighted by molar-refractivity contribution is -0.124. The van der Waals surface area contributed by atoms with Crippen LogP contribution >= 0.6 is 11.8 Å². The molecule has 0 aromatic heterocycles. The number of likely N-dealkylation sites (tertiary alicyclic amines) is 1. The molecule has 2 amide bonds. The smallest absolute Gasteiger partial charge is 0.220 e. The highest BCUT2D eigenvalue weighted by molar-refractivity contribution is 8.13. The van der Waals surface area contributed by atoms with E-state index in [0.717, 1.165) is 45.2 Å². The number of piperidine rings is 1.